The molecule has 0 unspecified atom stereocenters. The molecule has 0 radical (unpaired) electrons. The Kier molecular flexibility index (Phi) is 2.56. The molecule has 1 aromatic rings. The van der Waals surface area contributed by atoms with Crippen LogP contribution in [0, 0.1) is 0 Å². The van der Waals surface area contributed by atoms with Crippen LogP contribution >= 0.6 is 0 Å². The fourth-order valence-electron chi connectivity index (χ4n) is 1.70. The number of hydrogen-bond donors (Lipinski definition) is 0. The Balaban J connectivity index is 2.17. The van der Waals surface area contributed by atoms with Crippen LogP contribution in [0.25, 0.3) is 10.4 Å². The lowest BCUT2D eigenvalue weighted by molar-refractivity contribution is 0.353. The van der Waals surface area contributed by atoms with Crippen molar-refractivity contribution in [2.45, 2.75) is 12.8 Å². The highest BCUT2D eigenvalue weighted by molar-refractivity contribution is 5.44. The Morgan fingerprint density at radius 3 is 3.29 bits per heavy atom. The van der Waals surface area contributed by atoms with Gasteiger partial charge < -0.3 is 4.74 Å². The third-order valence-corrected chi connectivity index (χ3v) is 2.34. The molecule has 1 aliphatic rings. The molecule has 0 fully saturated rings. The molecule has 72 valence electrons. The van der Waals surface area contributed by atoms with Crippen LogP contribution in [0.2, 0.25) is 0 Å². The maximum atomic E-state index is 8.16. The van der Waals surface area contributed by atoms with E-state index in [9.17, 15) is 0 Å². The molecule has 0 spiro atoms. The summed E-state index contributed by atoms with van der Waals surface area (Å²) in [6.45, 7) is 1.27. The summed E-state index contributed by atoms with van der Waals surface area (Å²) in [6.07, 6.45) is 1.75. The lowest BCUT2D eigenvalue weighted by Gasteiger charge is -2.05. The van der Waals surface area contributed by atoms with E-state index in [0.717, 1.165) is 30.8 Å². The highest BCUT2D eigenvalue weighted by Gasteiger charge is 2.14. The summed E-state index contributed by atoms with van der Waals surface area (Å²) < 4.78 is 5.53. The first-order chi connectivity index (χ1) is 6.92. The zero-order chi connectivity index (χ0) is 9.80. The number of rotatable bonds is 3. The van der Waals surface area contributed by atoms with E-state index >= 15 is 0 Å². The first kappa shape index (κ1) is 8.91. The lowest BCUT2D eigenvalue weighted by Crippen LogP contribution is -1.93. The van der Waals surface area contributed by atoms with Crippen molar-refractivity contribution in [3.05, 3.63) is 39.8 Å². The number of nitrogens with zero attached hydrogens (tertiary/aromatic N) is 3. The van der Waals surface area contributed by atoms with Gasteiger partial charge in [0.05, 0.1) is 6.61 Å². The van der Waals surface area contributed by atoms with Crippen LogP contribution in [0.5, 0.6) is 5.75 Å². The molecule has 1 aromatic carbocycles. The summed E-state index contributed by atoms with van der Waals surface area (Å²) in [5, 5.41) is 3.52. The normalized spacial score (nSPS) is 12.9. The van der Waals surface area contributed by atoms with Crippen LogP contribution < -0.4 is 4.74 Å². The van der Waals surface area contributed by atoms with Crippen molar-refractivity contribution < 1.29 is 4.74 Å². The molecule has 0 atom stereocenters. The minimum atomic E-state index is 0.496. The molecule has 4 heteroatoms. The van der Waals surface area contributed by atoms with Crippen LogP contribution in [0.1, 0.15) is 11.1 Å². The Labute approximate surface area is 82.1 Å². The zero-order valence-electron chi connectivity index (χ0n) is 7.81. The van der Waals surface area contributed by atoms with Gasteiger partial charge in [-0.15, -0.1) is 0 Å². The number of para-hydroxylation sites is 1. The van der Waals surface area contributed by atoms with Gasteiger partial charge in [0.25, 0.3) is 0 Å². The summed E-state index contributed by atoms with van der Waals surface area (Å²) in [4.78, 5) is 2.73. The van der Waals surface area contributed by atoms with E-state index in [2.05, 4.69) is 16.1 Å². The highest BCUT2D eigenvalue weighted by atomic mass is 16.5. The van der Waals surface area contributed by atoms with Crippen LogP contribution in [0.3, 0.4) is 0 Å². The molecule has 1 aliphatic heterocycles. The number of hydrogen-bond acceptors (Lipinski definition) is 2. The van der Waals surface area contributed by atoms with Gasteiger partial charge in [0.1, 0.15) is 5.75 Å². The standard InChI is InChI=1S/C10H11N3O/c11-13-12-6-4-8-2-1-3-9-5-7-14-10(8)9/h1-3H,4-7H2. The second-order valence-electron chi connectivity index (χ2n) is 3.21. The van der Waals surface area contributed by atoms with E-state index in [-0.39, 0.29) is 0 Å². The molecule has 0 aliphatic carbocycles. The predicted molar refractivity (Wildman–Crippen MR) is 53.4 cm³/mol. The summed E-state index contributed by atoms with van der Waals surface area (Å²) in [7, 11) is 0. The topological polar surface area (TPSA) is 58.0 Å². The third kappa shape index (κ3) is 1.65. The second kappa shape index (κ2) is 4.03. The lowest BCUT2D eigenvalue weighted by atomic mass is 10.1. The molecular formula is C10H11N3O. The summed E-state index contributed by atoms with van der Waals surface area (Å²) in [5.74, 6) is 1.00. The van der Waals surface area contributed by atoms with Gasteiger partial charge in [-0.3, -0.25) is 0 Å². The molecule has 0 amide bonds. The van der Waals surface area contributed by atoms with Gasteiger partial charge in [0, 0.05) is 17.9 Å². The van der Waals surface area contributed by atoms with Crippen LogP contribution in [-0.4, -0.2) is 13.2 Å². The molecule has 0 bridgehead atoms. The van der Waals surface area contributed by atoms with Gasteiger partial charge in [-0.2, -0.15) is 0 Å². The number of azide groups is 1. The van der Waals surface area contributed by atoms with E-state index < -0.39 is 0 Å². The summed E-state index contributed by atoms with van der Waals surface area (Å²) in [6, 6.07) is 6.13. The van der Waals surface area contributed by atoms with Gasteiger partial charge in [-0.05, 0) is 23.1 Å². The summed E-state index contributed by atoms with van der Waals surface area (Å²) >= 11 is 0. The molecule has 14 heavy (non-hydrogen) atoms. The first-order valence-corrected chi connectivity index (χ1v) is 4.66. The fraction of sp³-hybridized carbons (Fsp3) is 0.400. The van der Waals surface area contributed by atoms with E-state index in [1.54, 1.807) is 0 Å². The summed E-state index contributed by atoms with van der Waals surface area (Å²) in [5.41, 5.74) is 10.6. The quantitative estimate of drug-likeness (QED) is 0.409. The smallest absolute Gasteiger partial charge is 0.125 e. The van der Waals surface area contributed by atoms with E-state index in [1.165, 1.54) is 5.56 Å². The number of ether oxygens (including phenoxy) is 1. The van der Waals surface area contributed by atoms with Crippen molar-refractivity contribution >= 4 is 0 Å². The molecule has 1 heterocycles. The molecule has 0 aromatic heterocycles. The molecule has 2 rings (SSSR count). The van der Waals surface area contributed by atoms with Gasteiger partial charge in [-0.1, -0.05) is 23.3 Å². The fourth-order valence-corrected chi connectivity index (χ4v) is 1.70. The van der Waals surface area contributed by atoms with Crippen molar-refractivity contribution in [3.63, 3.8) is 0 Å². The Hall–Kier alpha value is -1.67. The highest BCUT2D eigenvalue weighted by Crippen LogP contribution is 2.29. The van der Waals surface area contributed by atoms with Crippen molar-refractivity contribution in [1.82, 2.24) is 0 Å². The minimum absolute atomic E-state index is 0.496. The number of benzene rings is 1. The molecule has 0 saturated heterocycles. The third-order valence-electron chi connectivity index (χ3n) is 2.34. The zero-order valence-corrected chi connectivity index (χ0v) is 7.81. The molecular weight excluding hydrogens is 178 g/mol. The maximum Gasteiger partial charge on any atom is 0.125 e. The SMILES string of the molecule is [N-]=[N+]=NCCc1cccc2c1OCC2. The number of fused-ring (bicyclic) bond motifs is 1. The second-order valence-corrected chi connectivity index (χ2v) is 3.21. The Morgan fingerprint density at radius 1 is 1.50 bits per heavy atom. The van der Waals surface area contributed by atoms with Crippen molar-refractivity contribution in [3.8, 4) is 5.75 Å². The van der Waals surface area contributed by atoms with Gasteiger partial charge >= 0.3 is 0 Å². The van der Waals surface area contributed by atoms with Crippen LogP contribution in [-0.2, 0) is 12.8 Å². The molecule has 4 nitrogen and oxygen atoms in total. The van der Waals surface area contributed by atoms with E-state index in [4.69, 9.17) is 10.3 Å². The van der Waals surface area contributed by atoms with Gasteiger partial charge in [0.15, 0.2) is 0 Å². The van der Waals surface area contributed by atoms with E-state index in [0.29, 0.717) is 6.54 Å². The van der Waals surface area contributed by atoms with Gasteiger partial charge in [0.2, 0.25) is 0 Å². The van der Waals surface area contributed by atoms with Crippen LogP contribution in [0.4, 0.5) is 0 Å². The largest absolute Gasteiger partial charge is 0.493 e. The Bertz CT molecular complexity index is 383. The minimum Gasteiger partial charge on any atom is -0.493 e. The monoisotopic (exact) mass is 189 g/mol. The predicted octanol–water partition coefficient (Wildman–Crippen LogP) is 2.47. The average Bonchev–Trinajstić information content (AvgIpc) is 2.67. The van der Waals surface area contributed by atoms with E-state index in [1.807, 2.05) is 12.1 Å². The molecule has 0 N–H and O–H groups in total. The van der Waals surface area contributed by atoms with Crippen molar-refractivity contribution in [2.75, 3.05) is 13.2 Å². The average molecular weight is 189 g/mol. The van der Waals surface area contributed by atoms with Crippen molar-refractivity contribution in [2.24, 2.45) is 5.11 Å². The van der Waals surface area contributed by atoms with Crippen LogP contribution in [0.15, 0.2) is 23.3 Å². The van der Waals surface area contributed by atoms with Gasteiger partial charge in [-0.25, -0.2) is 0 Å². The Morgan fingerprint density at radius 2 is 2.43 bits per heavy atom. The molecule has 0 saturated carbocycles. The van der Waals surface area contributed by atoms with Crippen molar-refractivity contribution in [1.29, 1.82) is 0 Å². The first-order valence-electron chi connectivity index (χ1n) is 4.66. The maximum absolute atomic E-state index is 8.16.